The topological polar surface area (TPSA) is 33.0 Å². The molecule has 21 heavy (non-hydrogen) atoms. The van der Waals surface area contributed by atoms with E-state index in [4.69, 9.17) is 5.26 Å². The molecule has 0 atom stereocenters. The molecule has 0 unspecified atom stereocenters. The van der Waals surface area contributed by atoms with Gasteiger partial charge in [0.15, 0.2) is 0 Å². The van der Waals surface area contributed by atoms with Gasteiger partial charge in [-0.05, 0) is 35.9 Å². The summed E-state index contributed by atoms with van der Waals surface area (Å²) in [4.78, 5) is 0. The zero-order chi connectivity index (χ0) is 15.6. The molecule has 0 fully saturated rings. The standard InChI is InChI=1S/C14H6F5NO/c15-10-4-9(5-11(16)6-10)12-2-1-8(7-20)3-13(12)21-14(17,18)19/h1-6H. The minimum absolute atomic E-state index is 0.0742. The van der Waals surface area contributed by atoms with E-state index in [0.717, 1.165) is 24.3 Å². The van der Waals surface area contributed by atoms with E-state index in [1.165, 1.54) is 6.07 Å². The first-order chi connectivity index (χ1) is 9.78. The number of benzene rings is 2. The molecule has 2 nitrogen and oxygen atoms in total. The van der Waals surface area contributed by atoms with E-state index < -0.39 is 23.7 Å². The molecule has 7 heteroatoms. The smallest absolute Gasteiger partial charge is 0.405 e. The number of nitriles is 1. The van der Waals surface area contributed by atoms with Crippen molar-refractivity contribution in [2.24, 2.45) is 0 Å². The second-order valence-electron chi connectivity index (χ2n) is 4.03. The molecule has 0 aliphatic carbocycles. The zero-order valence-electron chi connectivity index (χ0n) is 10.2. The first-order valence-corrected chi connectivity index (χ1v) is 5.55. The molecular formula is C14H6F5NO. The monoisotopic (exact) mass is 299 g/mol. The van der Waals surface area contributed by atoms with E-state index in [1.54, 1.807) is 6.07 Å². The van der Waals surface area contributed by atoms with Crippen LogP contribution >= 0.6 is 0 Å². The lowest BCUT2D eigenvalue weighted by Gasteiger charge is -2.14. The van der Waals surface area contributed by atoms with Crippen molar-refractivity contribution in [1.82, 2.24) is 0 Å². The molecule has 0 aliphatic heterocycles. The van der Waals surface area contributed by atoms with Gasteiger partial charge in [0.1, 0.15) is 17.4 Å². The maximum absolute atomic E-state index is 13.2. The van der Waals surface area contributed by atoms with Crippen LogP contribution in [0, 0.1) is 23.0 Å². The van der Waals surface area contributed by atoms with Crippen LogP contribution in [-0.4, -0.2) is 6.36 Å². The second kappa shape index (κ2) is 5.40. The van der Waals surface area contributed by atoms with Crippen molar-refractivity contribution in [2.75, 3.05) is 0 Å². The van der Waals surface area contributed by atoms with Gasteiger partial charge in [-0.2, -0.15) is 5.26 Å². The first-order valence-electron chi connectivity index (χ1n) is 5.55. The van der Waals surface area contributed by atoms with Gasteiger partial charge in [-0.15, -0.1) is 13.2 Å². The number of ether oxygens (including phenoxy) is 1. The molecule has 108 valence electrons. The maximum Gasteiger partial charge on any atom is 0.573 e. The highest BCUT2D eigenvalue weighted by Crippen LogP contribution is 2.35. The van der Waals surface area contributed by atoms with Gasteiger partial charge in [0.05, 0.1) is 11.6 Å². The second-order valence-corrected chi connectivity index (χ2v) is 4.03. The van der Waals surface area contributed by atoms with E-state index >= 15 is 0 Å². The van der Waals surface area contributed by atoms with Crippen molar-refractivity contribution >= 4 is 0 Å². The molecule has 0 bridgehead atoms. The Balaban J connectivity index is 2.59. The molecule has 0 N–H and O–H groups in total. The van der Waals surface area contributed by atoms with Gasteiger partial charge in [0, 0.05) is 11.6 Å². The zero-order valence-corrected chi connectivity index (χ0v) is 10.2. The molecule has 0 amide bonds. The Morgan fingerprint density at radius 1 is 0.952 bits per heavy atom. The molecule has 0 heterocycles. The van der Waals surface area contributed by atoms with Gasteiger partial charge < -0.3 is 4.74 Å². The predicted molar refractivity (Wildman–Crippen MR) is 63.2 cm³/mol. The molecule has 0 radical (unpaired) electrons. The molecule has 2 aromatic rings. The van der Waals surface area contributed by atoms with Crippen molar-refractivity contribution in [3.63, 3.8) is 0 Å². The maximum atomic E-state index is 13.2. The van der Waals surface area contributed by atoms with Crippen LogP contribution in [0.3, 0.4) is 0 Å². The van der Waals surface area contributed by atoms with E-state index in [2.05, 4.69) is 4.74 Å². The summed E-state index contributed by atoms with van der Waals surface area (Å²) >= 11 is 0. The van der Waals surface area contributed by atoms with Crippen molar-refractivity contribution in [3.05, 3.63) is 53.6 Å². The van der Waals surface area contributed by atoms with E-state index in [-0.39, 0.29) is 16.7 Å². The van der Waals surface area contributed by atoms with Crippen LogP contribution in [0.4, 0.5) is 22.0 Å². The van der Waals surface area contributed by atoms with Gasteiger partial charge in [-0.3, -0.25) is 0 Å². The summed E-state index contributed by atoms with van der Waals surface area (Å²) < 4.78 is 67.3. The third-order valence-electron chi connectivity index (χ3n) is 2.51. The number of hydrogen-bond acceptors (Lipinski definition) is 2. The van der Waals surface area contributed by atoms with Crippen molar-refractivity contribution < 1.29 is 26.7 Å². The summed E-state index contributed by atoms with van der Waals surface area (Å²) in [7, 11) is 0. The summed E-state index contributed by atoms with van der Waals surface area (Å²) in [5.41, 5.74) is -0.379. The van der Waals surface area contributed by atoms with E-state index in [0.29, 0.717) is 6.07 Å². The van der Waals surface area contributed by atoms with E-state index in [9.17, 15) is 22.0 Å². The molecular weight excluding hydrogens is 293 g/mol. The van der Waals surface area contributed by atoms with Gasteiger partial charge in [0.2, 0.25) is 0 Å². The minimum atomic E-state index is -4.99. The van der Waals surface area contributed by atoms with Crippen LogP contribution in [-0.2, 0) is 0 Å². The Labute approximate surface area is 116 Å². The quantitative estimate of drug-likeness (QED) is 0.770. The largest absolute Gasteiger partial charge is 0.573 e. The Hall–Kier alpha value is -2.62. The summed E-state index contributed by atoms with van der Waals surface area (Å²) in [6.45, 7) is 0. The lowest BCUT2D eigenvalue weighted by molar-refractivity contribution is -0.274. The molecule has 0 saturated carbocycles. The number of halogens is 5. The predicted octanol–water partition coefficient (Wildman–Crippen LogP) is 4.40. The van der Waals surface area contributed by atoms with Crippen molar-refractivity contribution in [1.29, 1.82) is 5.26 Å². The Morgan fingerprint density at radius 3 is 2.10 bits per heavy atom. The highest BCUT2D eigenvalue weighted by molar-refractivity contribution is 5.71. The SMILES string of the molecule is N#Cc1ccc(-c2cc(F)cc(F)c2)c(OC(F)(F)F)c1. The fourth-order valence-corrected chi connectivity index (χ4v) is 1.75. The van der Waals surface area contributed by atoms with Gasteiger partial charge >= 0.3 is 6.36 Å². The molecule has 0 aromatic heterocycles. The lowest BCUT2D eigenvalue weighted by Crippen LogP contribution is -2.17. The van der Waals surface area contributed by atoms with Crippen LogP contribution in [0.5, 0.6) is 5.75 Å². The van der Waals surface area contributed by atoms with E-state index in [1.807, 2.05) is 0 Å². The average Bonchev–Trinajstić information content (AvgIpc) is 2.35. The van der Waals surface area contributed by atoms with Gasteiger partial charge in [0.25, 0.3) is 0 Å². The summed E-state index contributed by atoms with van der Waals surface area (Å²) in [6.07, 6.45) is -4.99. The number of alkyl halides is 3. The molecule has 2 rings (SSSR count). The number of rotatable bonds is 2. The van der Waals surface area contributed by atoms with Crippen LogP contribution in [0.2, 0.25) is 0 Å². The summed E-state index contributed by atoms with van der Waals surface area (Å²) in [5, 5.41) is 8.70. The number of nitrogens with zero attached hydrogens (tertiary/aromatic N) is 1. The van der Waals surface area contributed by atoms with Crippen LogP contribution in [0.15, 0.2) is 36.4 Å². The van der Waals surface area contributed by atoms with Crippen molar-refractivity contribution in [3.8, 4) is 22.9 Å². The van der Waals surface area contributed by atoms with Crippen molar-refractivity contribution in [2.45, 2.75) is 6.36 Å². The summed E-state index contributed by atoms with van der Waals surface area (Å²) in [6, 6.07) is 7.20. The number of hydrogen-bond donors (Lipinski definition) is 0. The molecule has 0 saturated heterocycles. The summed E-state index contributed by atoms with van der Waals surface area (Å²) in [5.74, 6) is -2.58. The minimum Gasteiger partial charge on any atom is -0.405 e. The molecule has 0 aliphatic rings. The highest BCUT2D eigenvalue weighted by atomic mass is 19.4. The fraction of sp³-hybridized carbons (Fsp3) is 0.0714. The van der Waals surface area contributed by atoms with Gasteiger partial charge in [-0.25, -0.2) is 8.78 Å². The van der Waals surface area contributed by atoms with Gasteiger partial charge in [-0.1, -0.05) is 0 Å². The molecule has 2 aromatic carbocycles. The molecule has 0 spiro atoms. The third kappa shape index (κ3) is 3.69. The Kier molecular flexibility index (Phi) is 3.80. The Bertz CT molecular complexity index is 698. The fourth-order valence-electron chi connectivity index (χ4n) is 1.75. The first kappa shape index (κ1) is 14.8. The average molecular weight is 299 g/mol. The van der Waals surface area contributed by atoms with Crippen LogP contribution in [0.1, 0.15) is 5.56 Å². The third-order valence-corrected chi connectivity index (χ3v) is 2.51. The lowest BCUT2D eigenvalue weighted by atomic mass is 10.0. The highest BCUT2D eigenvalue weighted by Gasteiger charge is 2.32. The normalized spacial score (nSPS) is 11.0. The van der Waals surface area contributed by atoms with Crippen LogP contribution in [0.25, 0.3) is 11.1 Å². The van der Waals surface area contributed by atoms with Crippen LogP contribution < -0.4 is 4.74 Å². The Morgan fingerprint density at radius 2 is 1.57 bits per heavy atom.